The second-order valence-electron chi connectivity index (χ2n) is 8.90. The fourth-order valence-corrected chi connectivity index (χ4v) is 4.72. The van der Waals surface area contributed by atoms with E-state index in [9.17, 15) is 9.59 Å². The van der Waals surface area contributed by atoms with E-state index in [-0.39, 0.29) is 29.9 Å². The molecule has 2 atom stereocenters. The minimum Gasteiger partial charge on any atom is -0.372 e. The molecule has 0 aliphatic carbocycles. The van der Waals surface area contributed by atoms with Crippen molar-refractivity contribution in [2.45, 2.75) is 45.3 Å². The zero-order valence-corrected chi connectivity index (χ0v) is 18.5. The van der Waals surface area contributed by atoms with Gasteiger partial charge in [0, 0.05) is 32.1 Å². The normalized spacial score (nSPS) is 22.4. The third-order valence-electron chi connectivity index (χ3n) is 6.34. The topological polar surface area (TPSA) is 49.9 Å². The van der Waals surface area contributed by atoms with Gasteiger partial charge >= 0.3 is 0 Å². The van der Waals surface area contributed by atoms with Gasteiger partial charge in [0.1, 0.15) is 0 Å². The monoisotopic (exact) mass is 420 g/mol. The maximum absolute atomic E-state index is 12.9. The zero-order valence-electron chi connectivity index (χ0n) is 18.5. The third kappa shape index (κ3) is 5.34. The Labute approximate surface area is 185 Å². The Kier molecular flexibility index (Phi) is 6.71. The number of hydrogen-bond acceptors (Lipinski definition) is 3. The Morgan fingerprint density at radius 3 is 2.03 bits per heavy atom. The van der Waals surface area contributed by atoms with Crippen molar-refractivity contribution in [3.05, 3.63) is 60.2 Å². The zero-order chi connectivity index (χ0) is 21.8. The van der Waals surface area contributed by atoms with Crippen LogP contribution in [0.5, 0.6) is 0 Å². The molecule has 0 saturated carbocycles. The summed E-state index contributed by atoms with van der Waals surface area (Å²) < 4.78 is 5.74. The van der Waals surface area contributed by atoms with E-state index in [1.165, 1.54) is 5.56 Å². The van der Waals surface area contributed by atoms with Gasteiger partial charge in [-0.2, -0.15) is 0 Å². The third-order valence-corrected chi connectivity index (χ3v) is 6.34. The van der Waals surface area contributed by atoms with E-state index < -0.39 is 0 Å². The summed E-state index contributed by atoms with van der Waals surface area (Å²) in [4.78, 5) is 29.6. The summed E-state index contributed by atoms with van der Waals surface area (Å²) in [6.45, 7) is 6.69. The molecule has 2 heterocycles. The van der Waals surface area contributed by atoms with Crippen molar-refractivity contribution in [1.82, 2.24) is 9.80 Å². The molecule has 2 aromatic rings. The van der Waals surface area contributed by atoms with E-state index in [4.69, 9.17) is 4.74 Å². The molecule has 164 valence electrons. The number of carbonyl (C=O) groups excluding carboxylic acids is 2. The fraction of sp³-hybridized carbons (Fsp3) is 0.462. The first-order valence-corrected chi connectivity index (χ1v) is 11.4. The lowest BCUT2D eigenvalue weighted by Crippen LogP contribution is -2.51. The molecule has 2 amide bonds. The van der Waals surface area contributed by atoms with Gasteiger partial charge in [-0.1, -0.05) is 54.6 Å². The van der Waals surface area contributed by atoms with Crippen LogP contribution in [0.1, 0.15) is 32.3 Å². The van der Waals surface area contributed by atoms with Crippen molar-refractivity contribution in [1.29, 1.82) is 0 Å². The molecule has 0 unspecified atom stereocenters. The maximum Gasteiger partial charge on any atom is 0.226 e. The van der Waals surface area contributed by atoms with Crippen molar-refractivity contribution in [2.24, 2.45) is 5.92 Å². The SMILES string of the molecule is C[C@@H]1CN(C(=O)C2CCN(C(=O)Cc3ccc(-c4ccccc4)cc3)CC2)C[C@@H](C)O1. The van der Waals surface area contributed by atoms with E-state index in [2.05, 4.69) is 24.3 Å². The lowest BCUT2D eigenvalue weighted by atomic mass is 9.94. The number of piperidine rings is 1. The number of hydrogen-bond donors (Lipinski definition) is 0. The van der Waals surface area contributed by atoms with Gasteiger partial charge in [0.05, 0.1) is 18.6 Å². The van der Waals surface area contributed by atoms with Crippen LogP contribution >= 0.6 is 0 Å². The molecule has 5 heteroatoms. The van der Waals surface area contributed by atoms with Crippen LogP contribution in [0.4, 0.5) is 0 Å². The maximum atomic E-state index is 12.9. The second kappa shape index (κ2) is 9.65. The van der Waals surface area contributed by atoms with Crippen LogP contribution in [0.3, 0.4) is 0 Å². The molecule has 0 radical (unpaired) electrons. The summed E-state index contributed by atoms with van der Waals surface area (Å²) >= 11 is 0. The molecule has 2 saturated heterocycles. The molecule has 5 nitrogen and oxygen atoms in total. The first-order chi connectivity index (χ1) is 15.0. The Hall–Kier alpha value is -2.66. The second-order valence-corrected chi connectivity index (χ2v) is 8.90. The molecule has 31 heavy (non-hydrogen) atoms. The Balaban J connectivity index is 1.28. The number of carbonyl (C=O) groups is 2. The van der Waals surface area contributed by atoms with Gasteiger partial charge in [0.25, 0.3) is 0 Å². The highest BCUT2D eigenvalue weighted by Gasteiger charge is 2.33. The summed E-state index contributed by atoms with van der Waals surface area (Å²) in [6, 6.07) is 18.5. The van der Waals surface area contributed by atoms with Crippen molar-refractivity contribution >= 4 is 11.8 Å². The molecule has 2 fully saturated rings. The predicted octanol–water partition coefficient (Wildman–Crippen LogP) is 3.77. The predicted molar refractivity (Wildman–Crippen MR) is 121 cm³/mol. The molecule has 0 N–H and O–H groups in total. The van der Waals surface area contributed by atoms with Gasteiger partial charge in [0.15, 0.2) is 0 Å². The highest BCUT2D eigenvalue weighted by molar-refractivity contribution is 5.81. The Morgan fingerprint density at radius 2 is 1.42 bits per heavy atom. The summed E-state index contributed by atoms with van der Waals surface area (Å²) in [7, 11) is 0. The van der Waals surface area contributed by atoms with Crippen LogP contribution in [0.2, 0.25) is 0 Å². The molecule has 2 aromatic carbocycles. The summed E-state index contributed by atoms with van der Waals surface area (Å²) in [6.07, 6.45) is 2.08. The lowest BCUT2D eigenvalue weighted by Gasteiger charge is -2.39. The molecular weight excluding hydrogens is 388 g/mol. The average Bonchev–Trinajstić information content (AvgIpc) is 2.79. The average molecular weight is 421 g/mol. The van der Waals surface area contributed by atoms with Gasteiger partial charge < -0.3 is 14.5 Å². The van der Waals surface area contributed by atoms with Crippen molar-refractivity contribution in [2.75, 3.05) is 26.2 Å². The Morgan fingerprint density at radius 1 is 0.839 bits per heavy atom. The van der Waals surface area contributed by atoms with E-state index in [0.717, 1.165) is 24.0 Å². The van der Waals surface area contributed by atoms with Crippen LogP contribution in [0.25, 0.3) is 11.1 Å². The molecule has 4 rings (SSSR count). The number of morpholine rings is 1. The standard InChI is InChI=1S/C26H32N2O3/c1-19-17-28(18-20(2)31-19)26(30)24-12-14-27(15-13-24)25(29)16-21-8-10-23(11-9-21)22-6-4-3-5-7-22/h3-11,19-20,24H,12-18H2,1-2H3/t19-,20-/m1/s1. The number of likely N-dealkylation sites (tertiary alicyclic amines) is 1. The summed E-state index contributed by atoms with van der Waals surface area (Å²) in [5, 5.41) is 0. The molecule has 2 aliphatic heterocycles. The van der Waals surface area contributed by atoms with E-state index in [0.29, 0.717) is 32.6 Å². The first kappa shape index (κ1) is 21.6. The quantitative estimate of drug-likeness (QED) is 0.757. The van der Waals surface area contributed by atoms with Crippen LogP contribution in [0, 0.1) is 5.92 Å². The molecular formula is C26H32N2O3. The van der Waals surface area contributed by atoms with Gasteiger partial charge in [-0.3, -0.25) is 9.59 Å². The van der Waals surface area contributed by atoms with Crippen LogP contribution in [-0.2, 0) is 20.7 Å². The van der Waals surface area contributed by atoms with Crippen molar-refractivity contribution < 1.29 is 14.3 Å². The number of amides is 2. The van der Waals surface area contributed by atoms with Gasteiger partial charge in [0.2, 0.25) is 11.8 Å². The number of rotatable bonds is 4. The lowest BCUT2D eigenvalue weighted by molar-refractivity contribution is -0.150. The fourth-order valence-electron chi connectivity index (χ4n) is 4.72. The van der Waals surface area contributed by atoms with E-state index in [1.54, 1.807) is 0 Å². The Bertz CT molecular complexity index is 879. The van der Waals surface area contributed by atoms with Crippen molar-refractivity contribution in [3.8, 4) is 11.1 Å². The largest absolute Gasteiger partial charge is 0.372 e. The first-order valence-electron chi connectivity index (χ1n) is 11.4. The number of nitrogens with zero attached hydrogens (tertiary/aromatic N) is 2. The number of ether oxygens (including phenoxy) is 1. The van der Waals surface area contributed by atoms with E-state index in [1.807, 2.05) is 54.0 Å². The highest BCUT2D eigenvalue weighted by Crippen LogP contribution is 2.24. The number of benzene rings is 2. The van der Waals surface area contributed by atoms with E-state index >= 15 is 0 Å². The minimum absolute atomic E-state index is 0.0201. The smallest absolute Gasteiger partial charge is 0.226 e. The van der Waals surface area contributed by atoms with Crippen LogP contribution in [-0.4, -0.2) is 60.0 Å². The summed E-state index contributed by atoms with van der Waals surface area (Å²) in [5.41, 5.74) is 3.36. The molecule has 0 bridgehead atoms. The minimum atomic E-state index is 0.0201. The summed E-state index contributed by atoms with van der Waals surface area (Å²) in [5.74, 6) is 0.393. The van der Waals surface area contributed by atoms with Crippen LogP contribution in [0.15, 0.2) is 54.6 Å². The van der Waals surface area contributed by atoms with Gasteiger partial charge in [-0.25, -0.2) is 0 Å². The van der Waals surface area contributed by atoms with Crippen molar-refractivity contribution in [3.63, 3.8) is 0 Å². The molecule has 0 aromatic heterocycles. The van der Waals surface area contributed by atoms with Crippen LogP contribution < -0.4 is 0 Å². The highest BCUT2D eigenvalue weighted by atomic mass is 16.5. The molecule has 0 spiro atoms. The van der Waals surface area contributed by atoms with Gasteiger partial charge in [-0.05, 0) is 43.4 Å². The molecule has 2 aliphatic rings. The van der Waals surface area contributed by atoms with Gasteiger partial charge in [-0.15, -0.1) is 0 Å².